The number of rotatable bonds is 4. The summed E-state index contributed by atoms with van der Waals surface area (Å²) in [4.78, 5) is 16.3. The minimum atomic E-state index is -0.343. The van der Waals surface area contributed by atoms with Crippen LogP contribution in [-0.2, 0) is 9.53 Å². The Morgan fingerprint density at radius 1 is 1.35 bits per heavy atom. The van der Waals surface area contributed by atoms with Crippen LogP contribution in [0.2, 0.25) is 5.02 Å². The van der Waals surface area contributed by atoms with Crippen LogP contribution in [0.25, 0.3) is 0 Å². The molecule has 0 bridgehead atoms. The predicted octanol–water partition coefficient (Wildman–Crippen LogP) is 3.90. The second kappa shape index (κ2) is 6.98. The van der Waals surface area contributed by atoms with Crippen molar-refractivity contribution in [3.8, 4) is 0 Å². The van der Waals surface area contributed by atoms with Gasteiger partial charge in [0, 0.05) is 17.3 Å². The van der Waals surface area contributed by atoms with Crippen LogP contribution in [0.3, 0.4) is 0 Å². The summed E-state index contributed by atoms with van der Waals surface area (Å²) in [6, 6.07) is 9.26. The minimum absolute atomic E-state index is 0.112. The van der Waals surface area contributed by atoms with Crippen molar-refractivity contribution in [2.24, 2.45) is 0 Å². The van der Waals surface area contributed by atoms with Gasteiger partial charge in [0.2, 0.25) is 0 Å². The van der Waals surface area contributed by atoms with Crippen LogP contribution in [0.4, 0.5) is 17.2 Å². The van der Waals surface area contributed by atoms with Crippen molar-refractivity contribution in [2.75, 3.05) is 17.2 Å². The fourth-order valence-corrected chi connectivity index (χ4v) is 2.68. The van der Waals surface area contributed by atoms with E-state index < -0.39 is 0 Å². The number of hydrogen-bond acceptors (Lipinski definition) is 4. The molecule has 1 atom stereocenters. The molecule has 0 spiro atoms. The van der Waals surface area contributed by atoms with E-state index in [1.165, 1.54) is 0 Å². The molecule has 1 saturated heterocycles. The van der Waals surface area contributed by atoms with E-state index in [2.05, 4.69) is 15.6 Å². The Labute approximate surface area is 140 Å². The molecule has 1 fully saturated rings. The molecule has 0 radical (unpaired) electrons. The van der Waals surface area contributed by atoms with Crippen molar-refractivity contribution in [1.82, 2.24) is 4.98 Å². The van der Waals surface area contributed by atoms with Gasteiger partial charge in [-0.1, -0.05) is 11.6 Å². The number of nitrogens with zero attached hydrogens (tertiary/aromatic N) is 1. The normalized spacial score (nSPS) is 17.0. The van der Waals surface area contributed by atoms with Gasteiger partial charge in [-0.3, -0.25) is 4.79 Å². The summed E-state index contributed by atoms with van der Waals surface area (Å²) < 4.78 is 5.36. The third-order valence-electron chi connectivity index (χ3n) is 3.70. The molecule has 23 heavy (non-hydrogen) atoms. The number of aromatic nitrogens is 1. The molecule has 1 aromatic carbocycles. The van der Waals surface area contributed by atoms with Crippen LogP contribution < -0.4 is 10.6 Å². The van der Waals surface area contributed by atoms with Gasteiger partial charge in [0.05, 0.1) is 11.9 Å². The molecule has 0 saturated carbocycles. The van der Waals surface area contributed by atoms with Crippen LogP contribution in [0.1, 0.15) is 18.4 Å². The molecule has 0 aliphatic carbocycles. The van der Waals surface area contributed by atoms with Gasteiger partial charge < -0.3 is 15.4 Å². The highest BCUT2D eigenvalue weighted by atomic mass is 35.5. The van der Waals surface area contributed by atoms with Crippen molar-refractivity contribution < 1.29 is 9.53 Å². The van der Waals surface area contributed by atoms with E-state index in [9.17, 15) is 4.79 Å². The van der Waals surface area contributed by atoms with Crippen molar-refractivity contribution in [3.63, 3.8) is 0 Å². The van der Waals surface area contributed by atoms with Crippen molar-refractivity contribution in [2.45, 2.75) is 25.9 Å². The van der Waals surface area contributed by atoms with E-state index in [1.807, 2.05) is 37.3 Å². The average Bonchev–Trinajstić information content (AvgIpc) is 3.06. The molecule has 1 aliphatic heterocycles. The molecule has 2 N–H and O–H groups in total. The van der Waals surface area contributed by atoms with Gasteiger partial charge in [-0.15, -0.1) is 0 Å². The van der Waals surface area contributed by atoms with Crippen LogP contribution in [-0.4, -0.2) is 23.6 Å². The van der Waals surface area contributed by atoms with Gasteiger partial charge in [0.1, 0.15) is 11.9 Å². The summed E-state index contributed by atoms with van der Waals surface area (Å²) in [6.45, 7) is 2.63. The van der Waals surface area contributed by atoms with E-state index in [-0.39, 0.29) is 12.0 Å². The lowest BCUT2D eigenvalue weighted by Gasteiger charge is -2.12. The van der Waals surface area contributed by atoms with Crippen LogP contribution >= 0.6 is 11.6 Å². The lowest BCUT2D eigenvalue weighted by atomic mass is 10.2. The molecule has 5 nitrogen and oxygen atoms in total. The van der Waals surface area contributed by atoms with Crippen molar-refractivity contribution in [1.29, 1.82) is 0 Å². The first kappa shape index (κ1) is 15.8. The number of pyridine rings is 1. The molecule has 1 aliphatic rings. The number of ether oxygens (including phenoxy) is 1. The zero-order valence-corrected chi connectivity index (χ0v) is 13.6. The van der Waals surface area contributed by atoms with Crippen LogP contribution in [0.5, 0.6) is 0 Å². The number of carbonyl (C=O) groups excluding carboxylic acids is 1. The van der Waals surface area contributed by atoms with Gasteiger partial charge in [0.25, 0.3) is 5.91 Å². The maximum Gasteiger partial charge on any atom is 0.253 e. The quantitative estimate of drug-likeness (QED) is 0.891. The second-order valence-corrected chi connectivity index (χ2v) is 5.94. The number of nitrogens with one attached hydrogen (secondary N) is 2. The predicted molar refractivity (Wildman–Crippen MR) is 91.3 cm³/mol. The number of aryl methyl sites for hydroxylation is 1. The Hall–Kier alpha value is -2.11. The van der Waals surface area contributed by atoms with Crippen molar-refractivity contribution >= 4 is 34.7 Å². The Morgan fingerprint density at radius 2 is 2.22 bits per heavy atom. The monoisotopic (exact) mass is 331 g/mol. The first-order chi connectivity index (χ1) is 11.1. The van der Waals surface area contributed by atoms with Gasteiger partial charge in [-0.25, -0.2) is 4.98 Å². The molecule has 120 valence electrons. The SMILES string of the molecule is Cc1cc(Cl)ccc1Nc1ccc(NC(=O)C2CCCO2)cn1. The summed E-state index contributed by atoms with van der Waals surface area (Å²) in [5, 5.41) is 6.75. The number of amides is 1. The van der Waals surface area contributed by atoms with Crippen LogP contribution in [0, 0.1) is 6.92 Å². The summed E-state index contributed by atoms with van der Waals surface area (Å²) in [5.41, 5.74) is 2.64. The van der Waals surface area contributed by atoms with Gasteiger partial charge >= 0.3 is 0 Å². The van der Waals surface area contributed by atoms with E-state index >= 15 is 0 Å². The maximum atomic E-state index is 12.0. The first-order valence-electron chi connectivity index (χ1n) is 7.53. The zero-order valence-electron chi connectivity index (χ0n) is 12.8. The fraction of sp³-hybridized carbons (Fsp3) is 0.294. The Kier molecular flexibility index (Phi) is 4.79. The Bertz CT molecular complexity index is 697. The van der Waals surface area contributed by atoms with Crippen LogP contribution in [0.15, 0.2) is 36.5 Å². The lowest BCUT2D eigenvalue weighted by molar-refractivity contribution is -0.124. The Balaban J connectivity index is 1.63. The third kappa shape index (κ3) is 4.00. The maximum absolute atomic E-state index is 12.0. The first-order valence-corrected chi connectivity index (χ1v) is 7.91. The standard InChI is InChI=1S/C17H18ClN3O2/c1-11-9-12(18)4-6-14(11)21-16-7-5-13(10-19-16)20-17(22)15-3-2-8-23-15/h4-7,9-10,15H,2-3,8H2,1H3,(H,19,21)(H,20,22). The highest BCUT2D eigenvalue weighted by Gasteiger charge is 2.23. The molecule has 1 unspecified atom stereocenters. The highest BCUT2D eigenvalue weighted by molar-refractivity contribution is 6.30. The number of benzene rings is 1. The van der Waals surface area contributed by atoms with Gasteiger partial charge in [-0.2, -0.15) is 0 Å². The summed E-state index contributed by atoms with van der Waals surface area (Å²) in [7, 11) is 0. The van der Waals surface area contributed by atoms with Crippen molar-refractivity contribution in [3.05, 3.63) is 47.1 Å². The minimum Gasteiger partial charge on any atom is -0.368 e. The number of carbonyl (C=O) groups is 1. The molecular formula is C17H18ClN3O2. The molecular weight excluding hydrogens is 314 g/mol. The highest BCUT2D eigenvalue weighted by Crippen LogP contribution is 2.23. The number of halogens is 1. The summed E-state index contributed by atoms with van der Waals surface area (Å²) >= 11 is 5.95. The molecule has 6 heteroatoms. The van der Waals surface area contributed by atoms with Gasteiger partial charge in [0.15, 0.2) is 0 Å². The molecule has 2 heterocycles. The Morgan fingerprint density at radius 3 is 2.87 bits per heavy atom. The molecule has 1 amide bonds. The molecule has 2 aromatic rings. The smallest absolute Gasteiger partial charge is 0.253 e. The average molecular weight is 332 g/mol. The second-order valence-electron chi connectivity index (χ2n) is 5.51. The van der Waals surface area contributed by atoms with E-state index in [0.29, 0.717) is 23.1 Å². The molecule has 1 aromatic heterocycles. The van der Waals surface area contributed by atoms with Gasteiger partial charge in [-0.05, 0) is 55.7 Å². The largest absolute Gasteiger partial charge is 0.368 e. The summed E-state index contributed by atoms with van der Waals surface area (Å²) in [6.07, 6.45) is 2.99. The summed E-state index contributed by atoms with van der Waals surface area (Å²) in [5.74, 6) is 0.587. The third-order valence-corrected chi connectivity index (χ3v) is 3.94. The van der Waals surface area contributed by atoms with E-state index in [4.69, 9.17) is 16.3 Å². The number of anilines is 3. The zero-order chi connectivity index (χ0) is 16.2. The lowest BCUT2D eigenvalue weighted by Crippen LogP contribution is -2.26. The topological polar surface area (TPSA) is 63.2 Å². The fourth-order valence-electron chi connectivity index (χ4n) is 2.45. The number of hydrogen-bond donors (Lipinski definition) is 2. The van der Waals surface area contributed by atoms with E-state index in [0.717, 1.165) is 24.1 Å². The van der Waals surface area contributed by atoms with E-state index in [1.54, 1.807) is 6.20 Å². The molecule has 3 rings (SSSR count).